The molecule has 0 bridgehead atoms. The van der Waals surface area contributed by atoms with E-state index in [9.17, 15) is 9.90 Å². The fourth-order valence-corrected chi connectivity index (χ4v) is 2.53. The first kappa shape index (κ1) is 11.7. The monoisotopic (exact) mass is 227 g/mol. The molecule has 5 nitrogen and oxygen atoms in total. The van der Waals surface area contributed by atoms with Crippen LogP contribution in [0.5, 0.6) is 0 Å². The van der Waals surface area contributed by atoms with E-state index in [0.29, 0.717) is 6.04 Å². The number of carbonyl (C=O) groups is 1. The minimum absolute atomic E-state index is 0.153. The second-order valence-corrected chi connectivity index (χ2v) is 4.83. The van der Waals surface area contributed by atoms with E-state index in [-0.39, 0.29) is 12.1 Å². The van der Waals surface area contributed by atoms with Crippen molar-refractivity contribution in [1.82, 2.24) is 14.7 Å². The fraction of sp³-hybridized carbons (Fsp3) is 0.909. The molecule has 2 aliphatic heterocycles. The van der Waals surface area contributed by atoms with Gasteiger partial charge in [0.15, 0.2) is 0 Å². The summed E-state index contributed by atoms with van der Waals surface area (Å²) >= 11 is 0. The highest BCUT2D eigenvalue weighted by Gasteiger charge is 2.38. The fourth-order valence-electron chi connectivity index (χ4n) is 2.53. The van der Waals surface area contributed by atoms with E-state index in [4.69, 9.17) is 0 Å². The molecular weight excluding hydrogens is 206 g/mol. The van der Waals surface area contributed by atoms with Gasteiger partial charge < -0.3 is 14.9 Å². The third-order valence-corrected chi connectivity index (χ3v) is 3.56. The van der Waals surface area contributed by atoms with Crippen LogP contribution in [-0.2, 0) is 0 Å². The van der Waals surface area contributed by atoms with Gasteiger partial charge in [-0.2, -0.15) is 0 Å². The average Bonchev–Trinajstić information content (AvgIpc) is 2.54. The first-order valence-electron chi connectivity index (χ1n) is 6.04. The number of aliphatic hydroxyl groups excluding tert-OH is 1. The second kappa shape index (κ2) is 4.59. The van der Waals surface area contributed by atoms with Crippen LogP contribution in [0.4, 0.5) is 4.79 Å². The van der Waals surface area contributed by atoms with Crippen LogP contribution in [0.2, 0.25) is 0 Å². The lowest BCUT2D eigenvalue weighted by molar-refractivity contribution is 0.0667. The van der Waals surface area contributed by atoms with Crippen LogP contribution in [0, 0.1) is 0 Å². The molecule has 5 heteroatoms. The normalized spacial score (nSPS) is 28.4. The molecule has 0 aliphatic carbocycles. The van der Waals surface area contributed by atoms with Crippen molar-refractivity contribution in [3.63, 3.8) is 0 Å². The van der Waals surface area contributed by atoms with Crippen LogP contribution in [0.1, 0.15) is 13.3 Å². The molecule has 0 saturated carbocycles. The van der Waals surface area contributed by atoms with E-state index in [1.54, 1.807) is 4.90 Å². The summed E-state index contributed by atoms with van der Waals surface area (Å²) in [4.78, 5) is 17.7. The van der Waals surface area contributed by atoms with Crippen molar-refractivity contribution in [2.24, 2.45) is 0 Å². The van der Waals surface area contributed by atoms with E-state index in [0.717, 1.165) is 39.1 Å². The Hall–Kier alpha value is -0.810. The molecule has 1 unspecified atom stereocenters. The van der Waals surface area contributed by atoms with Crippen molar-refractivity contribution in [3.05, 3.63) is 0 Å². The lowest BCUT2D eigenvalue weighted by atomic mass is 10.1. The number of rotatable bonds is 3. The van der Waals surface area contributed by atoms with E-state index < -0.39 is 0 Å². The maximum atomic E-state index is 11.7. The summed E-state index contributed by atoms with van der Waals surface area (Å²) in [5.41, 5.74) is 0. The van der Waals surface area contributed by atoms with Gasteiger partial charge in [-0.3, -0.25) is 4.90 Å². The zero-order valence-electron chi connectivity index (χ0n) is 10.1. The van der Waals surface area contributed by atoms with Gasteiger partial charge in [0.1, 0.15) is 0 Å². The molecule has 1 N–H and O–H groups in total. The summed E-state index contributed by atoms with van der Waals surface area (Å²) in [6.45, 7) is 6.12. The van der Waals surface area contributed by atoms with Crippen molar-refractivity contribution in [1.29, 1.82) is 0 Å². The Labute approximate surface area is 96.6 Å². The molecule has 2 aliphatic rings. The Morgan fingerprint density at radius 1 is 1.44 bits per heavy atom. The number of carbonyl (C=O) groups excluding carboxylic acids is 1. The molecule has 92 valence electrons. The van der Waals surface area contributed by atoms with Crippen LogP contribution >= 0.6 is 0 Å². The summed E-state index contributed by atoms with van der Waals surface area (Å²) in [5.74, 6) is 0. The molecular formula is C11H21N3O2. The Balaban J connectivity index is 1.89. The Kier molecular flexibility index (Phi) is 3.35. The lowest BCUT2D eigenvalue weighted by Gasteiger charge is -2.37. The van der Waals surface area contributed by atoms with Gasteiger partial charge >= 0.3 is 6.03 Å². The summed E-state index contributed by atoms with van der Waals surface area (Å²) in [5, 5.41) is 9.62. The number of piperazine rings is 1. The number of hydrogen-bond acceptors (Lipinski definition) is 3. The van der Waals surface area contributed by atoms with E-state index >= 15 is 0 Å². The SMILES string of the molecule is CC[C@H](O)CN1CCN2C(=O)N(C)CC2C1. The molecule has 0 aromatic rings. The topological polar surface area (TPSA) is 47.0 Å². The highest BCUT2D eigenvalue weighted by Crippen LogP contribution is 2.19. The van der Waals surface area contributed by atoms with Crippen molar-refractivity contribution in [2.45, 2.75) is 25.5 Å². The van der Waals surface area contributed by atoms with Gasteiger partial charge in [0, 0.05) is 39.8 Å². The third kappa shape index (κ3) is 2.15. The van der Waals surface area contributed by atoms with Gasteiger partial charge in [-0.1, -0.05) is 6.92 Å². The molecule has 16 heavy (non-hydrogen) atoms. The minimum atomic E-state index is -0.235. The first-order chi connectivity index (χ1) is 7.61. The summed E-state index contributed by atoms with van der Waals surface area (Å²) in [6, 6.07) is 0.469. The number of nitrogens with zero attached hydrogens (tertiary/aromatic N) is 3. The highest BCUT2D eigenvalue weighted by atomic mass is 16.3. The number of amides is 2. The molecule has 0 spiro atoms. The smallest absolute Gasteiger partial charge is 0.320 e. The minimum Gasteiger partial charge on any atom is -0.392 e. The summed E-state index contributed by atoms with van der Waals surface area (Å²) in [7, 11) is 1.85. The van der Waals surface area contributed by atoms with Gasteiger partial charge in [0.05, 0.1) is 12.1 Å². The maximum Gasteiger partial charge on any atom is 0.320 e. The third-order valence-electron chi connectivity index (χ3n) is 3.56. The zero-order chi connectivity index (χ0) is 11.7. The highest BCUT2D eigenvalue weighted by molar-refractivity contribution is 5.77. The Morgan fingerprint density at radius 3 is 2.88 bits per heavy atom. The second-order valence-electron chi connectivity index (χ2n) is 4.83. The lowest BCUT2D eigenvalue weighted by Crippen LogP contribution is -2.53. The van der Waals surface area contributed by atoms with Gasteiger partial charge in [-0.15, -0.1) is 0 Å². The van der Waals surface area contributed by atoms with Crippen LogP contribution in [0.3, 0.4) is 0 Å². The molecule has 0 aromatic carbocycles. The van der Waals surface area contributed by atoms with Gasteiger partial charge in [0.25, 0.3) is 0 Å². The van der Waals surface area contributed by atoms with E-state index in [1.165, 1.54) is 0 Å². The van der Waals surface area contributed by atoms with Crippen molar-refractivity contribution in [3.8, 4) is 0 Å². The number of β-amino-alcohol motifs (C(OH)–C–C–N with tert-alkyl or cyclic N) is 1. The first-order valence-corrected chi connectivity index (χ1v) is 6.04. The number of likely N-dealkylation sites (N-methyl/N-ethyl adjacent to an activating group) is 1. The molecule has 0 aromatic heterocycles. The summed E-state index contributed by atoms with van der Waals surface area (Å²) in [6.07, 6.45) is 0.561. The van der Waals surface area contributed by atoms with Crippen molar-refractivity contribution >= 4 is 6.03 Å². The Bertz CT molecular complexity index is 272. The molecule has 2 fully saturated rings. The molecule has 2 atom stereocenters. The molecule has 2 rings (SSSR count). The number of hydrogen-bond donors (Lipinski definition) is 1. The number of aliphatic hydroxyl groups is 1. The largest absolute Gasteiger partial charge is 0.392 e. The average molecular weight is 227 g/mol. The van der Waals surface area contributed by atoms with Crippen molar-refractivity contribution in [2.75, 3.05) is 39.8 Å². The molecule has 2 saturated heterocycles. The predicted octanol–water partition coefficient (Wildman–Crippen LogP) is -0.191. The van der Waals surface area contributed by atoms with Crippen LogP contribution < -0.4 is 0 Å². The van der Waals surface area contributed by atoms with Crippen LogP contribution in [0.15, 0.2) is 0 Å². The maximum absolute atomic E-state index is 11.7. The van der Waals surface area contributed by atoms with Gasteiger partial charge in [-0.05, 0) is 6.42 Å². The van der Waals surface area contributed by atoms with E-state index in [1.807, 2.05) is 18.9 Å². The van der Waals surface area contributed by atoms with Crippen LogP contribution in [-0.4, -0.2) is 77.8 Å². The quantitative estimate of drug-likeness (QED) is 0.727. The van der Waals surface area contributed by atoms with Gasteiger partial charge in [0.2, 0.25) is 0 Å². The van der Waals surface area contributed by atoms with Gasteiger partial charge in [-0.25, -0.2) is 4.79 Å². The Morgan fingerprint density at radius 2 is 2.19 bits per heavy atom. The molecule has 2 heterocycles. The molecule has 2 amide bonds. The molecule has 0 radical (unpaired) electrons. The number of fused-ring (bicyclic) bond motifs is 1. The van der Waals surface area contributed by atoms with Crippen molar-refractivity contribution < 1.29 is 9.90 Å². The predicted molar refractivity (Wildman–Crippen MR) is 61.3 cm³/mol. The zero-order valence-corrected chi connectivity index (χ0v) is 10.1. The van der Waals surface area contributed by atoms with E-state index in [2.05, 4.69) is 4.90 Å². The van der Waals surface area contributed by atoms with Crippen LogP contribution in [0.25, 0.3) is 0 Å². The standard InChI is InChI=1S/C11H21N3O2/c1-3-10(15)8-13-4-5-14-9(7-13)6-12(2)11(14)16/h9-10,15H,3-8H2,1-2H3/t9?,10-/m0/s1. The number of urea groups is 1. The summed E-state index contributed by atoms with van der Waals surface area (Å²) < 4.78 is 0.